The molecule has 5 rings (SSSR count). The summed E-state index contributed by atoms with van der Waals surface area (Å²) in [6.07, 6.45) is 6.60. The molecule has 5 heteroatoms. The van der Waals surface area contributed by atoms with E-state index in [0.29, 0.717) is 11.8 Å². The molecule has 4 aromatic rings. The highest BCUT2D eigenvalue weighted by molar-refractivity contribution is 7.19. The molecule has 4 aromatic heterocycles. The lowest BCUT2D eigenvalue weighted by atomic mass is 9.91. The second-order valence-electron chi connectivity index (χ2n) is 8.42. The van der Waals surface area contributed by atoms with Crippen molar-refractivity contribution in [3.05, 3.63) is 40.5 Å². The molecule has 28 heavy (non-hydrogen) atoms. The van der Waals surface area contributed by atoms with Gasteiger partial charge in [0, 0.05) is 40.7 Å². The number of nitrogens with one attached hydrogen (secondary N) is 2. The van der Waals surface area contributed by atoms with E-state index in [1.54, 1.807) is 4.88 Å². The van der Waals surface area contributed by atoms with E-state index in [4.69, 9.17) is 0 Å². The maximum absolute atomic E-state index is 4.58. The number of nitrogens with zero attached hydrogens (tertiary/aromatic N) is 2. The highest BCUT2D eigenvalue weighted by atomic mass is 32.1. The normalized spacial score (nSPS) is 16.0. The van der Waals surface area contributed by atoms with Gasteiger partial charge in [-0.3, -0.25) is 0 Å². The number of aromatic nitrogens is 3. The van der Waals surface area contributed by atoms with E-state index < -0.39 is 0 Å². The largest absolute Gasteiger partial charge is 0.346 e. The van der Waals surface area contributed by atoms with Crippen molar-refractivity contribution in [2.45, 2.75) is 45.4 Å². The Bertz CT molecular complexity index is 1150. The van der Waals surface area contributed by atoms with Gasteiger partial charge in [-0.25, -0.2) is 4.98 Å². The number of hydrogen-bond acceptors (Lipinski definition) is 3. The molecular formula is C23H28N4S. The average Bonchev–Trinajstić information content (AvgIpc) is 3.34. The smallest absolute Gasteiger partial charge is 0.140 e. The van der Waals surface area contributed by atoms with E-state index in [9.17, 15) is 0 Å². The van der Waals surface area contributed by atoms with E-state index in [-0.39, 0.29) is 0 Å². The molecular weight excluding hydrogens is 364 g/mol. The Morgan fingerprint density at radius 2 is 2.04 bits per heavy atom. The van der Waals surface area contributed by atoms with Crippen molar-refractivity contribution in [1.29, 1.82) is 0 Å². The molecule has 146 valence electrons. The number of pyridine rings is 1. The van der Waals surface area contributed by atoms with Crippen molar-refractivity contribution < 1.29 is 0 Å². The van der Waals surface area contributed by atoms with Crippen LogP contribution in [0.5, 0.6) is 0 Å². The van der Waals surface area contributed by atoms with Crippen molar-refractivity contribution in [3.63, 3.8) is 0 Å². The number of aryl methyl sites for hydroxylation is 2. The van der Waals surface area contributed by atoms with E-state index in [2.05, 4.69) is 59.9 Å². The number of H-pyrrole nitrogens is 1. The van der Waals surface area contributed by atoms with Crippen molar-refractivity contribution in [2.24, 2.45) is 7.05 Å². The topological polar surface area (TPSA) is 45.6 Å². The number of aromatic amines is 1. The molecule has 0 saturated carbocycles. The molecule has 1 saturated heterocycles. The highest BCUT2D eigenvalue weighted by Gasteiger charge is 2.26. The lowest BCUT2D eigenvalue weighted by molar-refractivity contribution is 0.464. The fraction of sp³-hybridized carbons (Fsp3) is 0.435. The Morgan fingerprint density at radius 1 is 1.25 bits per heavy atom. The Kier molecular flexibility index (Phi) is 4.33. The molecule has 2 N–H and O–H groups in total. The fourth-order valence-electron chi connectivity index (χ4n) is 4.92. The molecule has 4 nitrogen and oxygen atoms in total. The predicted octanol–water partition coefficient (Wildman–Crippen LogP) is 5.68. The molecule has 1 fully saturated rings. The van der Waals surface area contributed by atoms with E-state index in [0.717, 1.165) is 18.7 Å². The van der Waals surface area contributed by atoms with Crippen molar-refractivity contribution in [1.82, 2.24) is 19.9 Å². The zero-order chi connectivity index (χ0) is 19.4. The van der Waals surface area contributed by atoms with Crippen LogP contribution in [0.15, 0.2) is 24.5 Å². The fourth-order valence-corrected chi connectivity index (χ4v) is 6.32. The van der Waals surface area contributed by atoms with Crippen LogP contribution in [-0.2, 0) is 7.05 Å². The third-order valence-corrected chi connectivity index (χ3v) is 7.62. The summed E-state index contributed by atoms with van der Waals surface area (Å²) >= 11 is 1.98. The van der Waals surface area contributed by atoms with Crippen LogP contribution in [0.2, 0.25) is 0 Å². The Hall–Kier alpha value is -2.11. The zero-order valence-corrected chi connectivity index (χ0v) is 17.9. The van der Waals surface area contributed by atoms with Crippen LogP contribution < -0.4 is 5.32 Å². The van der Waals surface area contributed by atoms with Gasteiger partial charge >= 0.3 is 0 Å². The molecule has 0 spiro atoms. The maximum atomic E-state index is 4.58. The minimum atomic E-state index is 0.463. The summed E-state index contributed by atoms with van der Waals surface area (Å²) in [7, 11) is 2.08. The molecule has 0 unspecified atom stereocenters. The van der Waals surface area contributed by atoms with Crippen LogP contribution >= 0.6 is 11.3 Å². The molecule has 0 aromatic carbocycles. The maximum Gasteiger partial charge on any atom is 0.140 e. The summed E-state index contributed by atoms with van der Waals surface area (Å²) in [5.74, 6) is 1.17. The third kappa shape index (κ3) is 2.64. The first-order valence-corrected chi connectivity index (χ1v) is 11.1. The van der Waals surface area contributed by atoms with Gasteiger partial charge in [-0.05, 0) is 68.0 Å². The van der Waals surface area contributed by atoms with Crippen LogP contribution in [0.25, 0.3) is 32.5 Å². The molecule has 0 bridgehead atoms. The number of thiophene rings is 1. The van der Waals surface area contributed by atoms with Crippen molar-refractivity contribution >= 4 is 32.6 Å². The predicted molar refractivity (Wildman–Crippen MR) is 120 cm³/mol. The number of rotatable bonds is 3. The Balaban J connectivity index is 1.73. The van der Waals surface area contributed by atoms with Crippen LogP contribution in [0.1, 0.15) is 54.5 Å². The highest BCUT2D eigenvalue weighted by Crippen LogP contribution is 2.46. The summed E-state index contributed by atoms with van der Waals surface area (Å²) in [5, 5.41) is 6.18. The second-order valence-corrected chi connectivity index (χ2v) is 9.47. The summed E-state index contributed by atoms with van der Waals surface area (Å²) in [4.78, 5) is 11.3. The average molecular weight is 393 g/mol. The molecule has 1 aliphatic rings. The van der Waals surface area contributed by atoms with Gasteiger partial charge in [0.05, 0.1) is 5.69 Å². The first kappa shape index (κ1) is 18.0. The summed E-state index contributed by atoms with van der Waals surface area (Å²) in [6, 6.07) is 4.22. The van der Waals surface area contributed by atoms with Gasteiger partial charge < -0.3 is 14.9 Å². The Labute approximate surface area is 170 Å². The zero-order valence-electron chi connectivity index (χ0n) is 17.1. The van der Waals surface area contributed by atoms with Crippen LogP contribution in [0.4, 0.5) is 0 Å². The Morgan fingerprint density at radius 3 is 2.79 bits per heavy atom. The molecule has 5 heterocycles. The van der Waals surface area contributed by atoms with Crippen molar-refractivity contribution in [2.75, 3.05) is 13.1 Å². The van der Waals surface area contributed by atoms with Crippen LogP contribution in [0, 0.1) is 6.92 Å². The standard InChI is InChI=1S/C23H28N4S/c1-13(2)18-19-14(3)21(15-7-10-24-11-8-15)28-23(19)26-20(18)17-12-27(4)22-16(17)6-5-9-25-22/h5-6,9,12-13,15,24,26H,7-8,10-11H2,1-4H3. The third-order valence-electron chi connectivity index (χ3n) is 6.25. The molecule has 0 atom stereocenters. The van der Waals surface area contributed by atoms with Crippen LogP contribution in [0.3, 0.4) is 0 Å². The lowest BCUT2D eigenvalue weighted by Gasteiger charge is -2.22. The number of piperidine rings is 1. The number of hydrogen-bond donors (Lipinski definition) is 2. The quantitative estimate of drug-likeness (QED) is 0.471. The number of fused-ring (bicyclic) bond motifs is 2. The first-order chi connectivity index (χ1) is 13.6. The van der Waals surface area contributed by atoms with E-state index in [1.165, 1.54) is 50.8 Å². The second kappa shape index (κ2) is 6.75. The van der Waals surface area contributed by atoms with Gasteiger partial charge in [0.2, 0.25) is 0 Å². The molecule has 0 radical (unpaired) electrons. The summed E-state index contributed by atoms with van der Waals surface area (Å²) < 4.78 is 2.14. The summed E-state index contributed by atoms with van der Waals surface area (Å²) in [6.45, 7) is 9.25. The van der Waals surface area contributed by atoms with Gasteiger partial charge in [0.15, 0.2) is 0 Å². The minimum Gasteiger partial charge on any atom is -0.346 e. The molecule has 0 aliphatic carbocycles. The first-order valence-electron chi connectivity index (χ1n) is 10.3. The summed E-state index contributed by atoms with van der Waals surface area (Å²) in [5.41, 5.74) is 6.53. The SMILES string of the molecule is Cc1c(C2CCNCC2)sc2[nH]c(-c3cn(C)c4ncccc34)c(C(C)C)c12. The van der Waals surface area contributed by atoms with Gasteiger partial charge in [-0.2, -0.15) is 0 Å². The molecule has 1 aliphatic heterocycles. The van der Waals surface area contributed by atoms with Gasteiger partial charge in [0.25, 0.3) is 0 Å². The van der Waals surface area contributed by atoms with Gasteiger partial charge in [-0.15, -0.1) is 11.3 Å². The van der Waals surface area contributed by atoms with Crippen molar-refractivity contribution in [3.8, 4) is 11.3 Å². The monoisotopic (exact) mass is 392 g/mol. The lowest BCUT2D eigenvalue weighted by Crippen LogP contribution is -2.26. The van der Waals surface area contributed by atoms with E-state index in [1.807, 2.05) is 23.6 Å². The van der Waals surface area contributed by atoms with Gasteiger partial charge in [-0.1, -0.05) is 13.8 Å². The van der Waals surface area contributed by atoms with Crippen LogP contribution in [-0.4, -0.2) is 27.6 Å². The minimum absolute atomic E-state index is 0.463. The van der Waals surface area contributed by atoms with Gasteiger partial charge in [0.1, 0.15) is 10.5 Å². The van der Waals surface area contributed by atoms with E-state index >= 15 is 0 Å². The molecule has 0 amide bonds.